The highest BCUT2D eigenvalue weighted by Crippen LogP contribution is 2.19. The van der Waals surface area contributed by atoms with Crippen LogP contribution in [0.3, 0.4) is 0 Å². The van der Waals surface area contributed by atoms with Crippen LogP contribution in [0.25, 0.3) is 10.9 Å². The Morgan fingerprint density at radius 1 is 1.11 bits per heavy atom. The van der Waals surface area contributed by atoms with Crippen LogP contribution in [0.2, 0.25) is 5.02 Å². The molecule has 0 atom stereocenters. The summed E-state index contributed by atoms with van der Waals surface area (Å²) in [6.45, 7) is 3.30. The summed E-state index contributed by atoms with van der Waals surface area (Å²) in [5, 5.41) is 9.44. The number of hydrogen-bond donors (Lipinski definition) is 3. The molecule has 0 spiro atoms. The molecule has 1 saturated heterocycles. The lowest BCUT2D eigenvalue weighted by atomic mass is 10.0. The Balaban J connectivity index is 1.21. The Morgan fingerprint density at radius 3 is 2.64 bits per heavy atom. The van der Waals surface area contributed by atoms with Gasteiger partial charge < -0.3 is 20.5 Å². The van der Waals surface area contributed by atoms with Gasteiger partial charge in [0.25, 0.3) is 0 Å². The fourth-order valence-electron chi connectivity index (χ4n) is 3.80. The van der Waals surface area contributed by atoms with Crippen molar-refractivity contribution in [2.24, 2.45) is 0 Å². The minimum Gasteiger partial charge on any atom is -0.361 e. The summed E-state index contributed by atoms with van der Waals surface area (Å²) in [4.78, 5) is 5.92. The number of H-pyrrole nitrogens is 1. The van der Waals surface area contributed by atoms with Gasteiger partial charge in [0.15, 0.2) is 5.11 Å². The first kappa shape index (κ1) is 19.2. The average Bonchev–Trinajstić information content (AvgIpc) is 3.12. The summed E-state index contributed by atoms with van der Waals surface area (Å²) in [6, 6.07) is 16.5. The third-order valence-corrected chi connectivity index (χ3v) is 5.87. The van der Waals surface area contributed by atoms with Crippen molar-refractivity contribution in [2.75, 3.05) is 25.0 Å². The van der Waals surface area contributed by atoms with Crippen molar-refractivity contribution in [3.63, 3.8) is 0 Å². The van der Waals surface area contributed by atoms with Crippen LogP contribution < -0.4 is 10.6 Å². The van der Waals surface area contributed by atoms with Gasteiger partial charge in [-0.15, -0.1) is 0 Å². The summed E-state index contributed by atoms with van der Waals surface area (Å²) in [6.07, 6.45) is 5.45. The van der Waals surface area contributed by atoms with E-state index in [4.69, 9.17) is 23.8 Å². The number of nitrogens with one attached hydrogen (secondary N) is 3. The Bertz CT molecular complexity index is 929. The maximum absolute atomic E-state index is 5.92. The molecule has 6 heteroatoms. The molecule has 4 nitrogen and oxygen atoms in total. The number of thiocarbonyl (C=S) groups is 1. The van der Waals surface area contributed by atoms with Crippen molar-refractivity contribution in [1.82, 2.24) is 15.2 Å². The fourth-order valence-corrected chi connectivity index (χ4v) is 4.21. The summed E-state index contributed by atoms with van der Waals surface area (Å²) in [5.74, 6) is 0. The largest absolute Gasteiger partial charge is 0.361 e. The fraction of sp³-hybridized carbons (Fsp3) is 0.318. The molecule has 1 fully saturated rings. The maximum Gasteiger partial charge on any atom is 0.170 e. The molecular formula is C22H25ClN4S. The molecule has 2 aromatic carbocycles. The zero-order chi connectivity index (χ0) is 19.3. The van der Waals surface area contributed by atoms with E-state index in [1.165, 1.54) is 16.5 Å². The number of para-hydroxylation sites is 1. The zero-order valence-electron chi connectivity index (χ0n) is 15.7. The van der Waals surface area contributed by atoms with Crippen molar-refractivity contribution in [3.8, 4) is 0 Å². The number of aromatic amines is 1. The van der Waals surface area contributed by atoms with Gasteiger partial charge in [-0.3, -0.25) is 0 Å². The normalized spacial score (nSPS) is 15.6. The van der Waals surface area contributed by atoms with Gasteiger partial charge in [-0.05, 0) is 67.4 Å². The van der Waals surface area contributed by atoms with Crippen LogP contribution in [0.15, 0.2) is 54.7 Å². The van der Waals surface area contributed by atoms with Crippen LogP contribution in [0, 0.1) is 0 Å². The highest BCUT2D eigenvalue weighted by Gasteiger charge is 2.19. The molecule has 146 valence electrons. The maximum atomic E-state index is 5.92. The SMILES string of the molecule is S=C(Nc1ccc(Cl)cc1)NC1CCN(CCc2c[nH]c3ccccc23)CC1. The van der Waals surface area contributed by atoms with Crippen LogP contribution >= 0.6 is 23.8 Å². The van der Waals surface area contributed by atoms with E-state index in [2.05, 4.69) is 51.0 Å². The minimum absolute atomic E-state index is 0.427. The van der Waals surface area contributed by atoms with Crippen molar-refractivity contribution in [1.29, 1.82) is 0 Å². The first-order chi connectivity index (χ1) is 13.7. The first-order valence-electron chi connectivity index (χ1n) is 9.78. The van der Waals surface area contributed by atoms with E-state index in [-0.39, 0.29) is 0 Å². The topological polar surface area (TPSA) is 43.1 Å². The van der Waals surface area contributed by atoms with E-state index in [0.717, 1.165) is 49.6 Å². The van der Waals surface area contributed by atoms with E-state index < -0.39 is 0 Å². The molecule has 4 rings (SSSR count). The molecule has 3 aromatic rings. The lowest BCUT2D eigenvalue weighted by Crippen LogP contribution is -2.46. The van der Waals surface area contributed by atoms with Gasteiger partial charge in [0.05, 0.1) is 0 Å². The lowest BCUT2D eigenvalue weighted by molar-refractivity contribution is 0.209. The smallest absolute Gasteiger partial charge is 0.170 e. The van der Waals surface area contributed by atoms with Crippen LogP contribution in [-0.2, 0) is 6.42 Å². The third-order valence-electron chi connectivity index (χ3n) is 5.40. The quantitative estimate of drug-likeness (QED) is 0.526. The van der Waals surface area contributed by atoms with Crippen molar-refractivity contribution < 1.29 is 0 Å². The second kappa shape index (κ2) is 8.95. The van der Waals surface area contributed by atoms with Gasteiger partial charge >= 0.3 is 0 Å². The molecule has 1 aliphatic rings. The average molecular weight is 413 g/mol. The highest BCUT2D eigenvalue weighted by atomic mass is 35.5. The number of benzene rings is 2. The summed E-state index contributed by atoms with van der Waals surface area (Å²) < 4.78 is 0. The predicted molar refractivity (Wildman–Crippen MR) is 122 cm³/mol. The Morgan fingerprint density at radius 2 is 1.86 bits per heavy atom. The number of rotatable bonds is 5. The predicted octanol–water partition coefficient (Wildman–Crippen LogP) is 4.81. The number of nitrogens with zero attached hydrogens (tertiary/aromatic N) is 1. The number of piperidine rings is 1. The first-order valence-corrected chi connectivity index (χ1v) is 10.6. The van der Waals surface area contributed by atoms with Gasteiger partial charge in [-0.2, -0.15) is 0 Å². The molecule has 0 radical (unpaired) electrons. The third kappa shape index (κ3) is 4.85. The minimum atomic E-state index is 0.427. The number of hydrogen-bond acceptors (Lipinski definition) is 2. The van der Waals surface area contributed by atoms with E-state index in [9.17, 15) is 0 Å². The van der Waals surface area contributed by atoms with Crippen molar-refractivity contribution >= 4 is 45.5 Å². The van der Waals surface area contributed by atoms with Crippen LogP contribution in [-0.4, -0.2) is 40.7 Å². The van der Waals surface area contributed by atoms with Gasteiger partial charge in [-0.1, -0.05) is 29.8 Å². The molecule has 0 amide bonds. The molecular weight excluding hydrogens is 388 g/mol. The molecule has 0 aliphatic carbocycles. The van der Waals surface area contributed by atoms with E-state index in [0.29, 0.717) is 11.2 Å². The standard InChI is InChI=1S/C22H25ClN4S/c23-17-5-7-18(8-6-17)25-22(28)26-19-10-13-27(14-11-19)12-9-16-15-24-21-4-2-1-3-20(16)21/h1-8,15,19,24H,9-14H2,(H2,25,26,28). The highest BCUT2D eigenvalue weighted by molar-refractivity contribution is 7.80. The Labute approximate surface area is 176 Å². The second-order valence-electron chi connectivity index (χ2n) is 7.33. The van der Waals surface area contributed by atoms with Gasteiger partial charge in [0, 0.05) is 53.5 Å². The lowest BCUT2D eigenvalue weighted by Gasteiger charge is -2.33. The van der Waals surface area contributed by atoms with Crippen LogP contribution in [0.1, 0.15) is 18.4 Å². The Kier molecular flexibility index (Phi) is 6.15. The summed E-state index contributed by atoms with van der Waals surface area (Å²) in [5.41, 5.74) is 3.59. The molecule has 0 unspecified atom stereocenters. The molecule has 0 bridgehead atoms. The Hall–Kier alpha value is -2.08. The second-order valence-corrected chi connectivity index (χ2v) is 8.18. The van der Waals surface area contributed by atoms with Crippen LogP contribution in [0.5, 0.6) is 0 Å². The molecule has 2 heterocycles. The molecule has 1 aliphatic heterocycles. The van der Waals surface area contributed by atoms with E-state index >= 15 is 0 Å². The summed E-state index contributed by atoms with van der Waals surface area (Å²) in [7, 11) is 0. The van der Waals surface area contributed by atoms with Gasteiger partial charge in [0.1, 0.15) is 0 Å². The molecule has 0 saturated carbocycles. The van der Waals surface area contributed by atoms with Crippen molar-refractivity contribution in [3.05, 3.63) is 65.3 Å². The number of fused-ring (bicyclic) bond motifs is 1. The van der Waals surface area contributed by atoms with E-state index in [1.54, 1.807) is 0 Å². The number of aromatic nitrogens is 1. The van der Waals surface area contributed by atoms with Gasteiger partial charge in [-0.25, -0.2) is 0 Å². The number of likely N-dealkylation sites (tertiary alicyclic amines) is 1. The van der Waals surface area contributed by atoms with E-state index in [1.807, 2.05) is 24.3 Å². The number of halogens is 1. The van der Waals surface area contributed by atoms with Crippen molar-refractivity contribution in [2.45, 2.75) is 25.3 Å². The van der Waals surface area contributed by atoms with Crippen LogP contribution in [0.4, 0.5) is 5.69 Å². The monoisotopic (exact) mass is 412 g/mol. The zero-order valence-corrected chi connectivity index (χ0v) is 17.3. The molecule has 28 heavy (non-hydrogen) atoms. The molecule has 1 aromatic heterocycles. The summed E-state index contributed by atoms with van der Waals surface area (Å²) >= 11 is 11.4. The molecule has 3 N–H and O–H groups in total. The number of anilines is 1. The van der Waals surface area contributed by atoms with Gasteiger partial charge in [0.2, 0.25) is 0 Å².